The Morgan fingerprint density at radius 1 is 1.00 bits per heavy atom. The third-order valence-corrected chi connectivity index (χ3v) is 2.36. The topological polar surface area (TPSA) is 33.1 Å². The van der Waals surface area contributed by atoms with Crippen LogP contribution in [0.25, 0.3) is 11.3 Å². The van der Waals surface area contributed by atoms with Gasteiger partial charge in [0.1, 0.15) is 5.75 Å². The second kappa shape index (κ2) is 3.80. The molecule has 0 radical (unpaired) electrons. The van der Waals surface area contributed by atoms with Crippen molar-refractivity contribution < 1.29 is 5.11 Å². The van der Waals surface area contributed by atoms with Gasteiger partial charge in [0.15, 0.2) is 0 Å². The normalized spacial score (nSPS) is 10.1. The smallest absolute Gasteiger partial charge is 0.115 e. The summed E-state index contributed by atoms with van der Waals surface area (Å²) in [6, 6.07) is 10.8. The molecule has 0 aliphatic carbocycles. The Kier molecular flexibility index (Phi) is 2.50. The molecule has 0 aliphatic rings. The molecule has 0 amide bonds. The van der Waals surface area contributed by atoms with Gasteiger partial charge in [-0.3, -0.25) is 4.98 Å². The van der Waals surface area contributed by atoms with Crippen LogP contribution in [-0.2, 0) is 0 Å². The molecule has 3 heteroatoms. The summed E-state index contributed by atoms with van der Waals surface area (Å²) in [5, 5.41) is 9.12. The van der Waals surface area contributed by atoms with Crippen LogP contribution in [0.2, 0.25) is 0 Å². The molecule has 0 spiro atoms. The zero-order chi connectivity index (χ0) is 9.97. The van der Waals surface area contributed by atoms with Crippen LogP contribution in [-0.4, -0.2) is 10.1 Å². The lowest BCUT2D eigenvalue weighted by atomic mass is 10.1. The van der Waals surface area contributed by atoms with E-state index in [0.29, 0.717) is 0 Å². The predicted molar refractivity (Wildman–Crippen MR) is 59.0 cm³/mol. The molecule has 1 aromatic heterocycles. The van der Waals surface area contributed by atoms with E-state index in [-0.39, 0.29) is 5.75 Å². The van der Waals surface area contributed by atoms with E-state index in [9.17, 15) is 0 Å². The molecule has 1 aromatic carbocycles. The summed E-state index contributed by atoms with van der Waals surface area (Å²) in [6.07, 6.45) is 1.75. The van der Waals surface area contributed by atoms with Crippen LogP contribution >= 0.6 is 15.9 Å². The second-order valence-corrected chi connectivity index (χ2v) is 3.82. The van der Waals surface area contributed by atoms with E-state index in [4.69, 9.17) is 5.11 Å². The van der Waals surface area contributed by atoms with Crippen LogP contribution in [0.4, 0.5) is 0 Å². The van der Waals surface area contributed by atoms with E-state index in [0.717, 1.165) is 15.7 Å². The summed E-state index contributed by atoms with van der Waals surface area (Å²) in [4.78, 5) is 4.25. The first-order valence-electron chi connectivity index (χ1n) is 4.17. The SMILES string of the molecule is Oc1ccc(-c2ccc(Br)cn2)cc1. The molecule has 2 aromatic rings. The van der Waals surface area contributed by atoms with Crippen molar-refractivity contribution in [3.05, 3.63) is 47.1 Å². The first-order chi connectivity index (χ1) is 6.75. The van der Waals surface area contributed by atoms with Crippen molar-refractivity contribution in [1.82, 2.24) is 4.98 Å². The fourth-order valence-corrected chi connectivity index (χ4v) is 1.41. The average Bonchev–Trinajstić information content (AvgIpc) is 2.21. The molecule has 0 fully saturated rings. The Bertz CT molecular complexity index is 379. The molecule has 0 unspecified atom stereocenters. The lowest BCUT2D eigenvalue weighted by molar-refractivity contribution is 0.475. The quantitative estimate of drug-likeness (QED) is 0.842. The summed E-state index contributed by atoms with van der Waals surface area (Å²) in [5.74, 6) is 0.269. The van der Waals surface area contributed by atoms with Crippen LogP contribution < -0.4 is 0 Å². The zero-order valence-electron chi connectivity index (χ0n) is 7.31. The highest BCUT2D eigenvalue weighted by Gasteiger charge is 1.98. The van der Waals surface area contributed by atoms with E-state index in [1.165, 1.54) is 0 Å². The number of hydrogen-bond donors (Lipinski definition) is 1. The van der Waals surface area contributed by atoms with Gasteiger partial charge in [-0.1, -0.05) is 0 Å². The molecule has 1 heterocycles. The van der Waals surface area contributed by atoms with Gasteiger partial charge in [-0.05, 0) is 52.3 Å². The van der Waals surface area contributed by atoms with Crippen LogP contribution in [0.15, 0.2) is 47.1 Å². The van der Waals surface area contributed by atoms with E-state index < -0.39 is 0 Å². The third-order valence-electron chi connectivity index (χ3n) is 1.89. The third kappa shape index (κ3) is 1.93. The molecule has 2 rings (SSSR count). The number of aromatic hydroxyl groups is 1. The Hall–Kier alpha value is -1.35. The number of aromatic nitrogens is 1. The molecular weight excluding hydrogens is 242 g/mol. The zero-order valence-corrected chi connectivity index (χ0v) is 8.90. The summed E-state index contributed by atoms with van der Waals surface area (Å²) in [7, 11) is 0. The van der Waals surface area contributed by atoms with Gasteiger partial charge in [0.05, 0.1) is 5.69 Å². The maximum absolute atomic E-state index is 9.12. The molecule has 14 heavy (non-hydrogen) atoms. The van der Waals surface area contributed by atoms with Gasteiger partial charge in [-0.2, -0.15) is 0 Å². The number of halogens is 1. The lowest BCUT2D eigenvalue weighted by Gasteiger charge is -2.00. The number of pyridine rings is 1. The Morgan fingerprint density at radius 2 is 1.71 bits per heavy atom. The molecule has 2 nitrogen and oxygen atoms in total. The van der Waals surface area contributed by atoms with Gasteiger partial charge in [-0.25, -0.2) is 0 Å². The molecule has 0 aliphatic heterocycles. The van der Waals surface area contributed by atoms with Crippen LogP contribution in [0.3, 0.4) is 0 Å². The van der Waals surface area contributed by atoms with Crippen molar-refractivity contribution in [2.75, 3.05) is 0 Å². The highest BCUT2D eigenvalue weighted by atomic mass is 79.9. The molecule has 0 saturated carbocycles. The first-order valence-corrected chi connectivity index (χ1v) is 4.96. The van der Waals surface area contributed by atoms with Crippen molar-refractivity contribution in [3.63, 3.8) is 0 Å². The first kappa shape index (κ1) is 9.21. The molecule has 0 bridgehead atoms. The van der Waals surface area contributed by atoms with Crippen molar-refractivity contribution in [2.45, 2.75) is 0 Å². The van der Waals surface area contributed by atoms with Gasteiger partial charge >= 0.3 is 0 Å². The minimum atomic E-state index is 0.269. The van der Waals surface area contributed by atoms with Crippen LogP contribution in [0.5, 0.6) is 5.75 Å². The Morgan fingerprint density at radius 3 is 2.29 bits per heavy atom. The van der Waals surface area contributed by atoms with Crippen molar-refractivity contribution in [3.8, 4) is 17.0 Å². The maximum Gasteiger partial charge on any atom is 0.115 e. The highest BCUT2D eigenvalue weighted by molar-refractivity contribution is 9.10. The van der Waals surface area contributed by atoms with E-state index in [1.54, 1.807) is 18.3 Å². The number of phenols is 1. The molecule has 70 valence electrons. The van der Waals surface area contributed by atoms with Crippen LogP contribution in [0, 0.1) is 0 Å². The maximum atomic E-state index is 9.12. The summed E-state index contributed by atoms with van der Waals surface area (Å²) in [5.41, 5.74) is 1.89. The molecule has 0 atom stereocenters. The molecular formula is C11H8BrNO. The minimum absolute atomic E-state index is 0.269. The van der Waals surface area contributed by atoms with Crippen molar-refractivity contribution in [1.29, 1.82) is 0 Å². The van der Waals surface area contributed by atoms with E-state index in [2.05, 4.69) is 20.9 Å². The monoisotopic (exact) mass is 249 g/mol. The predicted octanol–water partition coefficient (Wildman–Crippen LogP) is 3.22. The Labute approximate surface area is 90.4 Å². The number of phenolic OH excluding ortho intramolecular Hbond substituents is 1. The number of nitrogens with zero attached hydrogens (tertiary/aromatic N) is 1. The average molecular weight is 250 g/mol. The van der Waals surface area contributed by atoms with E-state index >= 15 is 0 Å². The minimum Gasteiger partial charge on any atom is -0.508 e. The standard InChI is InChI=1S/C11H8BrNO/c12-9-3-6-11(13-7-9)8-1-4-10(14)5-2-8/h1-7,14H. The van der Waals surface area contributed by atoms with Crippen LogP contribution in [0.1, 0.15) is 0 Å². The van der Waals surface area contributed by atoms with Gasteiger partial charge in [0.25, 0.3) is 0 Å². The second-order valence-electron chi connectivity index (χ2n) is 2.91. The van der Waals surface area contributed by atoms with Gasteiger partial charge in [0.2, 0.25) is 0 Å². The summed E-state index contributed by atoms with van der Waals surface area (Å²) >= 11 is 3.33. The van der Waals surface area contributed by atoms with Gasteiger partial charge in [0, 0.05) is 16.2 Å². The van der Waals surface area contributed by atoms with E-state index in [1.807, 2.05) is 24.3 Å². The molecule has 0 saturated heterocycles. The fraction of sp³-hybridized carbons (Fsp3) is 0. The number of rotatable bonds is 1. The largest absolute Gasteiger partial charge is 0.508 e. The van der Waals surface area contributed by atoms with Gasteiger partial charge in [-0.15, -0.1) is 0 Å². The fourth-order valence-electron chi connectivity index (χ4n) is 1.18. The summed E-state index contributed by atoms with van der Waals surface area (Å²) < 4.78 is 0.958. The number of hydrogen-bond acceptors (Lipinski definition) is 2. The number of benzene rings is 1. The lowest BCUT2D eigenvalue weighted by Crippen LogP contribution is -1.81. The van der Waals surface area contributed by atoms with Crippen molar-refractivity contribution in [2.24, 2.45) is 0 Å². The molecule has 1 N–H and O–H groups in total. The highest BCUT2D eigenvalue weighted by Crippen LogP contribution is 2.20. The van der Waals surface area contributed by atoms with Crippen molar-refractivity contribution >= 4 is 15.9 Å². The Balaban J connectivity index is 2.40. The summed E-state index contributed by atoms with van der Waals surface area (Å²) in [6.45, 7) is 0. The van der Waals surface area contributed by atoms with Gasteiger partial charge < -0.3 is 5.11 Å².